The van der Waals surface area contributed by atoms with Gasteiger partial charge < -0.3 is 19.9 Å². The molecular formula is C21H18N4O4. The summed E-state index contributed by atoms with van der Waals surface area (Å²) in [7, 11) is 3.17. The predicted octanol–water partition coefficient (Wildman–Crippen LogP) is 3.86. The molecule has 0 radical (unpaired) electrons. The van der Waals surface area contributed by atoms with Crippen LogP contribution in [-0.2, 0) is 0 Å². The number of benzene rings is 2. The molecule has 2 N–H and O–H groups in total. The van der Waals surface area contributed by atoms with Gasteiger partial charge in [0.15, 0.2) is 11.5 Å². The molecular weight excluding hydrogens is 372 g/mol. The average Bonchev–Trinajstić information content (AvgIpc) is 3.22. The van der Waals surface area contributed by atoms with Gasteiger partial charge in [-0.15, -0.1) is 0 Å². The third-order valence-corrected chi connectivity index (χ3v) is 4.46. The van der Waals surface area contributed by atoms with Crippen LogP contribution in [0.3, 0.4) is 0 Å². The van der Waals surface area contributed by atoms with Gasteiger partial charge in [0.25, 0.3) is 0 Å². The first-order valence-corrected chi connectivity index (χ1v) is 8.76. The number of fused-ring (bicyclic) bond motifs is 1. The van der Waals surface area contributed by atoms with E-state index in [4.69, 9.17) is 19.6 Å². The van der Waals surface area contributed by atoms with E-state index < -0.39 is 5.97 Å². The first kappa shape index (κ1) is 18.3. The van der Waals surface area contributed by atoms with Gasteiger partial charge in [-0.1, -0.05) is 0 Å². The SMILES string of the molecule is COc1ccc(-c2cc3nccn3c(Nc3ccc(C(=O)O)cc3)n2)cc1OC. The van der Waals surface area contributed by atoms with Crippen LogP contribution < -0.4 is 14.8 Å². The number of aromatic nitrogens is 3. The van der Waals surface area contributed by atoms with Gasteiger partial charge >= 0.3 is 5.97 Å². The number of carbonyl (C=O) groups is 1. The molecule has 0 aliphatic rings. The van der Waals surface area contributed by atoms with Gasteiger partial charge in [-0.05, 0) is 42.5 Å². The van der Waals surface area contributed by atoms with E-state index in [0.717, 1.165) is 11.2 Å². The molecule has 8 nitrogen and oxygen atoms in total. The van der Waals surface area contributed by atoms with E-state index in [0.29, 0.717) is 28.8 Å². The number of hydrogen-bond donors (Lipinski definition) is 2. The summed E-state index contributed by atoms with van der Waals surface area (Å²) in [5.74, 6) is 0.818. The molecule has 0 fully saturated rings. The van der Waals surface area contributed by atoms with Crippen LogP contribution in [0.2, 0.25) is 0 Å². The number of hydrogen-bond acceptors (Lipinski definition) is 6. The molecule has 0 unspecified atom stereocenters. The minimum atomic E-state index is -0.970. The molecule has 8 heteroatoms. The van der Waals surface area contributed by atoms with Gasteiger partial charge in [0, 0.05) is 29.7 Å². The van der Waals surface area contributed by atoms with Crippen molar-refractivity contribution in [2.75, 3.05) is 19.5 Å². The molecule has 2 aromatic heterocycles. The Labute approximate surface area is 166 Å². The molecule has 0 aliphatic carbocycles. The molecule has 0 atom stereocenters. The number of methoxy groups -OCH3 is 2. The summed E-state index contributed by atoms with van der Waals surface area (Å²) in [6.45, 7) is 0. The number of carboxylic acid groups (broad SMARTS) is 1. The molecule has 2 heterocycles. The van der Waals surface area contributed by atoms with E-state index in [1.54, 1.807) is 38.7 Å². The van der Waals surface area contributed by atoms with Crippen molar-refractivity contribution in [1.82, 2.24) is 14.4 Å². The summed E-state index contributed by atoms with van der Waals surface area (Å²) in [6, 6.07) is 13.9. The van der Waals surface area contributed by atoms with Gasteiger partial charge in [-0.25, -0.2) is 14.8 Å². The predicted molar refractivity (Wildman–Crippen MR) is 108 cm³/mol. The standard InChI is InChI=1S/C21H18N4O4/c1-28-17-8-5-14(11-18(17)29-2)16-12-19-22-9-10-25(19)21(24-16)23-15-6-3-13(4-7-15)20(26)27/h3-12H,1-2H3,(H,23,24)(H,26,27). The van der Waals surface area contributed by atoms with Crippen molar-refractivity contribution >= 4 is 23.3 Å². The highest BCUT2D eigenvalue weighted by atomic mass is 16.5. The summed E-state index contributed by atoms with van der Waals surface area (Å²) in [6.07, 6.45) is 3.49. The maximum absolute atomic E-state index is 11.0. The third-order valence-electron chi connectivity index (χ3n) is 4.46. The number of nitrogens with one attached hydrogen (secondary N) is 1. The van der Waals surface area contributed by atoms with Gasteiger partial charge in [0.05, 0.1) is 25.5 Å². The van der Waals surface area contributed by atoms with E-state index >= 15 is 0 Å². The molecule has 4 rings (SSSR count). The Morgan fingerprint density at radius 3 is 2.48 bits per heavy atom. The first-order chi connectivity index (χ1) is 14.1. The van der Waals surface area contributed by atoms with Crippen molar-refractivity contribution in [2.24, 2.45) is 0 Å². The molecule has 0 bridgehead atoms. The zero-order valence-electron chi connectivity index (χ0n) is 15.8. The number of carboxylic acids is 1. The highest BCUT2D eigenvalue weighted by molar-refractivity contribution is 5.88. The van der Waals surface area contributed by atoms with Crippen molar-refractivity contribution in [1.29, 1.82) is 0 Å². The van der Waals surface area contributed by atoms with E-state index in [1.807, 2.05) is 28.7 Å². The van der Waals surface area contributed by atoms with Crippen LogP contribution >= 0.6 is 0 Å². The van der Waals surface area contributed by atoms with Gasteiger partial charge in [-0.2, -0.15) is 0 Å². The van der Waals surface area contributed by atoms with Gasteiger partial charge in [0.2, 0.25) is 5.95 Å². The zero-order chi connectivity index (χ0) is 20.4. The maximum Gasteiger partial charge on any atom is 0.335 e. The van der Waals surface area contributed by atoms with E-state index in [-0.39, 0.29) is 5.56 Å². The quantitative estimate of drug-likeness (QED) is 0.516. The average molecular weight is 390 g/mol. The van der Waals surface area contributed by atoms with Crippen LogP contribution in [0.15, 0.2) is 60.9 Å². The van der Waals surface area contributed by atoms with Gasteiger partial charge in [0.1, 0.15) is 5.65 Å². The number of nitrogens with zero attached hydrogens (tertiary/aromatic N) is 3. The second-order valence-corrected chi connectivity index (χ2v) is 6.20. The second-order valence-electron chi connectivity index (χ2n) is 6.20. The van der Waals surface area contributed by atoms with Crippen LogP contribution in [0.1, 0.15) is 10.4 Å². The van der Waals surface area contributed by atoms with E-state index in [2.05, 4.69) is 10.3 Å². The van der Waals surface area contributed by atoms with E-state index in [9.17, 15) is 4.79 Å². The van der Waals surface area contributed by atoms with Crippen molar-refractivity contribution < 1.29 is 19.4 Å². The normalized spacial score (nSPS) is 10.7. The summed E-state index contributed by atoms with van der Waals surface area (Å²) >= 11 is 0. The minimum Gasteiger partial charge on any atom is -0.493 e. The first-order valence-electron chi connectivity index (χ1n) is 8.76. The highest BCUT2D eigenvalue weighted by Gasteiger charge is 2.12. The zero-order valence-corrected chi connectivity index (χ0v) is 15.8. The lowest BCUT2D eigenvalue weighted by molar-refractivity contribution is 0.0697. The molecule has 29 heavy (non-hydrogen) atoms. The minimum absolute atomic E-state index is 0.218. The second kappa shape index (κ2) is 7.51. The fraction of sp³-hybridized carbons (Fsp3) is 0.0952. The summed E-state index contributed by atoms with van der Waals surface area (Å²) in [5, 5.41) is 12.3. The number of rotatable bonds is 6. The summed E-state index contributed by atoms with van der Waals surface area (Å²) in [4.78, 5) is 20.1. The third kappa shape index (κ3) is 3.55. The Kier molecular flexibility index (Phi) is 4.74. The Morgan fingerprint density at radius 2 is 1.79 bits per heavy atom. The lowest BCUT2D eigenvalue weighted by Gasteiger charge is -2.12. The number of anilines is 2. The smallest absolute Gasteiger partial charge is 0.335 e. The fourth-order valence-corrected chi connectivity index (χ4v) is 2.98. The highest BCUT2D eigenvalue weighted by Crippen LogP contribution is 2.32. The summed E-state index contributed by atoms with van der Waals surface area (Å²) < 4.78 is 12.5. The van der Waals surface area contributed by atoms with Crippen LogP contribution in [0.5, 0.6) is 11.5 Å². The van der Waals surface area contributed by atoms with Crippen molar-refractivity contribution in [2.45, 2.75) is 0 Å². The van der Waals surface area contributed by atoms with Crippen LogP contribution in [0, 0.1) is 0 Å². The number of aromatic carboxylic acids is 1. The fourth-order valence-electron chi connectivity index (χ4n) is 2.98. The number of ether oxygens (including phenoxy) is 2. The molecule has 0 aliphatic heterocycles. The van der Waals surface area contributed by atoms with Crippen molar-refractivity contribution in [3.8, 4) is 22.8 Å². The van der Waals surface area contributed by atoms with Gasteiger partial charge in [-0.3, -0.25) is 4.40 Å². The van der Waals surface area contributed by atoms with Crippen molar-refractivity contribution in [3.63, 3.8) is 0 Å². The Morgan fingerprint density at radius 1 is 1.03 bits per heavy atom. The largest absolute Gasteiger partial charge is 0.493 e. The topological polar surface area (TPSA) is 98.0 Å². The van der Waals surface area contributed by atoms with Crippen LogP contribution in [0.25, 0.3) is 16.9 Å². The molecule has 0 saturated carbocycles. The summed E-state index contributed by atoms with van der Waals surface area (Å²) in [5.41, 5.74) is 3.19. The van der Waals surface area contributed by atoms with Crippen LogP contribution in [-0.4, -0.2) is 39.7 Å². The lowest BCUT2D eigenvalue weighted by Crippen LogP contribution is -2.03. The Balaban J connectivity index is 1.75. The molecule has 2 aromatic carbocycles. The Hall–Kier alpha value is -4.07. The number of imidazole rings is 1. The molecule has 0 amide bonds. The molecule has 146 valence electrons. The molecule has 4 aromatic rings. The van der Waals surface area contributed by atoms with Crippen molar-refractivity contribution in [3.05, 3.63) is 66.5 Å². The maximum atomic E-state index is 11.0. The lowest BCUT2D eigenvalue weighted by atomic mass is 10.1. The monoisotopic (exact) mass is 390 g/mol. The van der Waals surface area contributed by atoms with Crippen LogP contribution in [0.4, 0.5) is 11.6 Å². The molecule has 0 saturated heterocycles. The Bertz CT molecular complexity index is 1190. The molecule has 0 spiro atoms. The van der Waals surface area contributed by atoms with E-state index in [1.165, 1.54) is 12.1 Å².